The maximum atomic E-state index is 13.2. The summed E-state index contributed by atoms with van der Waals surface area (Å²) in [5, 5.41) is 11.3. The number of sulfonamides is 1. The Hall–Kier alpha value is -2.52. The van der Waals surface area contributed by atoms with Gasteiger partial charge in [-0.15, -0.1) is 0 Å². The molecule has 0 aliphatic heterocycles. The van der Waals surface area contributed by atoms with Crippen molar-refractivity contribution < 1.29 is 22.5 Å². The summed E-state index contributed by atoms with van der Waals surface area (Å²) in [6, 6.07) is 8.35. The van der Waals surface area contributed by atoms with Crippen LogP contribution in [0.1, 0.15) is 20.8 Å². The first kappa shape index (κ1) is 18.8. The average molecular weight is 368 g/mol. The third kappa shape index (κ3) is 4.97. The van der Waals surface area contributed by atoms with E-state index in [2.05, 4.69) is 4.72 Å². The summed E-state index contributed by atoms with van der Waals surface area (Å²) in [6.45, 7) is 4.96. The van der Waals surface area contributed by atoms with Gasteiger partial charge in [0, 0.05) is 17.7 Å². The number of hydrogen-bond acceptors (Lipinski definition) is 5. The van der Waals surface area contributed by atoms with Crippen molar-refractivity contribution in [3.8, 4) is 11.5 Å². The van der Waals surface area contributed by atoms with E-state index < -0.39 is 32.0 Å². The Morgan fingerprint density at radius 2 is 1.84 bits per heavy atom. The van der Waals surface area contributed by atoms with Gasteiger partial charge < -0.3 is 4.74 Å². The Morgan fingerprint density at radius 1 is 1.16 bits per heavy atom. The van der Waals surface area contributed by atoms with Crippen LogP contribution in [0, 0.1) is 15.9 Å². The van der Waals surface area contributed by atoms with E-state index in [0.29, 0.717) is 0 Å². The van der Waals surface area contributed by atoms with Crippen molar-refractivity contribution in [2.24, 2.45) is 0 Å². The van der Waals surface area contributed by atoms with E-state index in [-0.39, 0.29) is 16.4 Å². The fourth-order valence-electron chi connectivity index (χ4n) is 2.01. The SMILES string of the molecule is CC(C)(C)NS(=O)(=O)c1ccc(Oc2cccc(F)c2)c([N+](=O)[O-])c1. The van der Waals surface area contributed by atoms with Gasteiger partial charge in [0.2, 0.25) is 15.8 Å². The summed E-state index contributed by atoms with van der Waals surface area (Å²) < 4.78 is 45.6. The second kappa shape index (κ2) is 6.77. The van der Waals surface area contributed by atoms with Crippen molar-refractivity contribution in [3.05, 3.63) is 58.4 Å². The Morgan fingerprint density at radius 3 is 2.40 bits per heavy atom. The van der Waals surface area contributed by atoms with Crippen LogP contribution in [0.3, 0.4) is 0 Å². The Balaban J connectivity index is 2.43. The first-order valence-corrected chi connectivity index (χ1v) is 8.72. The lowest BCUT2D eigenvalue weighted by molar-refractivity contribution is -0.385. The topological polar surface area (TPSA) is 98.5 Å². The van der Waals surface area contributed by atoms with Crippen molar-refractivity contribution in [2.75, 3.05) is 0 Å². The lowest BCUT2D eigenvalue weighted by Crippen LogP contribution is -2.40. The van der Waals surface area contributed by atoms with Crippen LogP contribution >= 0.6 is 0 Å². The molecule has 0 bridgehead atoms. The fraction of sp³-hybridized carbons (Fsp3) is 0.250. The molecule has 0 unspecified atom stereocenters. The minimum absolute atomic E-state index is 0.0616. The second-order valence-electron chi connectivity index (χ2n) is 6.30. The van der Waals surface area contributed by atoms with Crippen molar-refractivity contribution in [1.29, 1.82) is 0 Å². The minimum Gasteiger partial charge on any atom is -0.450 e. The highest BCUT2D eigenvalue weighted by atomic mass is 32.2. The van der Waals surface area contributed by atoms with Gasteiger partial charge in [-0.1, -0.05) is 6.07 Å². The number of rotatable bonds is 5. The predicted molar refractivity (Wildman–Crippen MR) is 89.6 cm³/mol. The summed E-state index contributed by atoms with van der Waals surface area (Å²) >= 11 is 0. The van der Waals surface area contributed by atoms with E-state index in [1.54, 1.807) is 20.8 Å². The smallest absolute Gasteiger partial charge is 0.312 e. The molecule has 2 aromatic rings. The molecule has 0 aliphatic rings. The van der Waals surface area contributed by atoms with E-state index in [4.69, 9.17) is 4.74 Å². The van der Waals surface area contributed by atoms with Gasteiger partial charge in [0.05, 0.1) is 9.82 Å². The van der Waals surface area contributed by atoms with Crippen LogP contribution in [-0.4, -0.2) is 18.9 Å². The van der Waals surface area contributed by atoms with Gasteiger partial charge in [0.25, 0.3) is 0 Å². The third-order valence-electron chi connectivity index (χ3n) is 2.90. The van der Waals surface area contributed by atoms with Crippen LogP contribution in [0.4, 0.5) is 10.1 Å². The molecule has 2 rings (SSSR count). The summed E-state index contributed by atoms with van der Waals surface area (Å²) in [5.41, 5.74) is -1.29. The van der Waals surface area contributed by atoms with Crippen LogP contribution < -0.4 is 9.46 Å². The minimum atomic E-state index is -3.94. The molecule has 9 heteroatoms. The number of ether oxygens (including phenoxy) is 1. The predicted octanol–water partition coefficient (Wildman–Crippen LogP) is 3.60. The molecule has 0 amide bonds. The lowest BCUT2D eigenvalue weighted by Gasteiger charge is -2.20. The Bertz CT molecular complexity index is 907. The number of nitro benzene ring substituents is 1. The Kier molecular flexibility index (Phi) is 5.09. The lowest BCUT2D eigenvalue weighted by atomic mass is 10.1. The van der Waals surface area contributed by atoms with Gasteiger partial charge in [-0.05, 0) is 45.0 Å². The highest BCUT2D eigenvalue weighted by Gasteiger charge is 2.26. The molecule has 0 aromatic heterocycles. The summed E-state index contributed by atoms with van der Waals surface area (Å²) in [6.07, 6.45) is 0. The molecule has 25 heavy (non-hydrogen) atoms. The van der Waals surface area contributed by atoms with Gasteiger partial charge >= 0.3 is 5.69 Å². The van der Waals surface area contributed by atoms with E-state index in [0.717, 1.165) is 12.1 Å². The van der Waals surface area contributed by atoms with Crippen molar-refractivity contribution in [3.63, 3.8) is 0 Å². The summed E-state index contributed by atoms with van der Waals surface area (Å²) in [5.74, 6) is -0.689. The van der Waals surface area contributed by atoms with Gasteiger partial charge in [0.15, 0.2) is 0 Å². The van der Waals surface area contributed by atoms with E-state index in [9.17, 15) is 22.9 Å². The maximum absolute atomic E-state index is 13.2. The van der Waals surface area contributed by atoms with Crippen LogP contribution in [0.2, 0.25) is 0 Å². The molecule has 134 valence electrons. The number of benzene rings is 2. The van der Waals surface area contributed by atoms with Gasteiger partial charge in [-0.2, -0.15) is 0 Å². The van der Waals surface area contributed by atoms with Crippen molar-refractivity contribution >= 4 is 15.7 Å². The van der Waals surface area contributed by atoms with Gasteiger partial charge in [0.1, 0.15) is 11.6 Å². The monoisotopic (exact) mass is 368 g/mol. The van der Waals surface area contributed by atoms with Crippen LogP contribution in [-0.2, 0) is 10.0 Å². The van der Waals surface area contributed by atoms with E-state index in [1.807, 2.05) is 0 Å². The van der Waals surface area contributed by atoms with Crippen molar-refractivity contribution in [1.82, 2.24) is 4.72 Å². The van der Waals surface area contributed by atoms with Crippen LogP contribution in [0.5, 0.6) is 11.5 Å². The van der Waals surface area contributed by atoms with E-state index in [1.165, 1.54) is 30.3 Å². The summed E-state index contributed by atoms with van der Waals surface area (Å²) in [7, 11) is -3.94. The average Bonchev–Trinajstić information content (AvgIpc) is 2.44. The van der Waals surface area contributed by atoms with Gasteiger partial charge in [-0.3, -0.25) is 10.1 Å². The van der Waals surface area contributed by atoms with Crippen LogP contribution in [0.15, 0.2) is 47.4 Å². The Labute approximate surface area is 144 Å². The molecule has 0 saturated heterocycles. The number of halogens is 1. The first-order chi connectivity index (χ1) is 11.5. The third-order valence-corrected chi connectivity index (χ3v) is 4.66. The molecule has 2 aromatic carbocycles. The largest absolute Gasteiger partial charge is 0.450 e. The number of nitrogens with one attached hydrogen (secondary N) is 1. The first-order valence-electron chi connectivity index (χ1n) is 7.24. The second-order valence-corrected chi connectivity index (χ2v) is 7.98. The molecule has 0 radical (unpaired) electrons. The number of nitro groups is 1. The molecular formula is C16H17FN2O5S. The molecule has 0 spiro atoms. The van der Waals surface area contributed by atoms with Crippen molar-refractivity contribution in [2.45, 2.75) is 31.2 Å². The molecule has 7 nitrogen and oxygen atoms in total. The normalized spacial score (nSPS) is 12.0. The molecule has 0 heterocycles. The summed E-state index contributed by atoms with van der Waals surface area (Å²) in [4.78, 5) is 10.3. The highest BCUT2D eigenvalue weighted by molar-refractivity contribution is 7.89. The molecule has 0 saturated carbocycles. The molecule has 0 aliphatic carbocycles. The number of nitrogens with zero attached hydrogens (tertiary/aromatic N) is 1. The zero-order valence-electron chi connectivity index (χ0n) is 13.8. The molecule has 0 atom stereocenters. The van der Waals surface area contributed by atoms with Gasteiger partial charge in [-0.25, -0.2) is 17.5 Å². The quantitative estimate of drug-likeness (QED) is 0.642. The highest BCUT2D eigenvalue weighted by Crippen LogP contribution is 2.33. The standard InChI is InChI=1S/C16H17FN2O5S/c1-16(2,3)18-25(22,23)13-7-8-15(14(10-13)19(20)21)24-12-6-4-5-11(17)9-12/h4-10,18H,1-3H3. The fourth-order valence-corrected chi connectivity index (χ4v) is 3.45. The molecule has 1 N–H and O–H groups in total. The zero-order valence-corrected chi connectivity index (χ0v) is 14.6. The molecule has 0 fully saturated rings. The maximum Gasteiger partial charge on any atom is 0.312 e. The number of hydrogen-bond donors (Lipinski definition) is 1. The zero-order chi connectivity index (χ0) is 18.8. The van der Waals surface area contributed by atoms with E-state index >= 15 is 0 Å². The molecular weight excluding hydrogens is 351 g/mol. The van der Waals surface area contributed by atoms with Crippen LogP contribution in [0.25, 0.3) is 0 Å².